The van der Waals surface area contributed by atoms with Crippen LogP contribution in [0.1, 0.15) is 29.7 Å². The number of nitrogens with one attached hydrogen (secondary N) is 1. The Morgan fingerprint density at radius 3 is 3.09 bits per heavy atom. The Hall–Kier alpha value is -1.91. The Morgan fingerprint density at radius 1 is 1.45 bits per heavy atom. The van der Waals surface area contributed by atoms with Crippen molar-refractivity contribution in [3.05, 3.63) is 34.5 Å². The first-order chi connectivity index (χ1) is 10.8. The van der Waals surface area contributed by atoms with E-state index in [1.54, 1.807) is 6.20 Å². The number of aryl methyl sites for hydroxylation is 2. The van der Waals surface area contributed by atoms with E-state index in [2.05, 4.69) is 21.4 Å². The molecule has 0 aliphatic heterocycles. The van der Waals surface area contributed by atoms with E-state index in [9.17, 15) is 10.1 Å². The van der Waals surface area contributed by atoms with Crippen molar-refractivity contribution in [3.8, 4) is 6.07 Å². The molecular formula is C15H14N4OS2. The number of carbonyl (C=O) groups is 1. The smallest absolute Gasteiger partial charge is 0.236 e. The van der Waals surface area contributed by atoms with E-state index in [1.165, 1.54) is 28.7 Å². The number of thioether (sulfide) groups is 1. The number of hydrogen-bond donors (Lipinski definition) is 1. The van der Waals surface area contributed by atoms with E-state index >= 15 is 0 Å². The molecule has 1 amide bonds. The van der Waals surface area contributed by atoms with Gasteiger partial charge >= 0.3 is 0 Å². The zero-order valence-corrected chi connectivity index (χ0v) is 13.5. The summed E-state index contributed by atoms with van der Waals surface area (Å²) in [5.74, 6) is 0.0865. The van der Waals surface area contributed by atoms with Crippen molar-refractivity contribution in [1.82, 2.24) is 9.97 Å². The van der Waals surface area contributed by atoms with Gasteiger partial charge < -0.3 is 5.32 Å². The van der Waals surface area contributed by atoms with Gasteiger partial charge in [-0.05, 0) is 37.3 Å². The topological polar surface area (TPSA) is 78.7 Å². The molecule has 2 aromatic heterocycles. The fourth-order valence-corrected chi connectivity index (χ4v) is 3.70. The lowest BCUT2D eigenvalue weighted by Crippen LogP contribution is -2.14. The molecule has 22 heavy (non-hydrogen) atoms. The van der Waals surface area contributed by atoms with Crippen molar-refractivity contribution in [1.29, 1.82) is 5.26 Å². The summed E-state index contributed by atoms with van der Waals surface area (Å²) in [6.45, 7) is 0. The highest BCUT2D eigenvalue weighted by molar-refractivity contribution is 8.00. The molecule has 0 fully saturated rings. The van der Waals surface area contributed by atoms with Crippen molar-refractivity contribution in [3.63, 3.8) is 0 Å². The molecule has 2 aromatic rings. The van der Waals surface area contributed by atoms with Gasteiger partial charge in [0.15, 0.2) is 5.13 Å². The van der Waals surface area contributed by atoms with Crippen LogP contribution in [0.4, 0.5) is 5.13 Å². The van der Waals surface area contributed by atoms with Gasteiger partial charge in [0, 0.05) is 17.3 Å². The first kappa shape index (κ1) is 15.0. The number of pyridine rings is 1. The van der Waals surface area contributed by atoms with Crippen LogP contribution in [0.25, 0.3) is 0 Å². The molecule has 112 valence electrons. The molecule has 5 nitrogen and oxygen atoms in total. The Kier molecular flexibility index (Phi) is 4.71. The van der Waals surface area contributed by atoms with Crippen LogP contribution in [-0.4, -0.2) is 21.6 Å². The molecule has 0 radical (unpaired) electrons. The van der Waals surface area contributed by atoms with Crippen LogP contribution in [0.15, 0.2) is 22.7 Å². The minimum atomic E-state index is -0.136. The monoisotopic (exact) mass is 330 g/mol. The third-order valence-corrected chi connectivity index (χ3v) is 5.08. The number of nitriles is 1. The largest absolute Gasteiger partial charge is 0.301 e. The number of fused-ring (bicyclic) bond motifs is 1. The molecule has 1 aliphatic carbocycles. The highest BCUT2D eigenvalue weighted by Gasteiger charge is 2.16. The van der Waals surface area contributed by atoms with Gasteiger partial charge in [-0.1, -0.05) is 11.8 Å². The molecule has 0 spiro atoms. The summed E-state index contributed by atoms with van der Waals surface area (Å²) in [7, 11) is 0. The third-order valence-electron chi connectivity index (χ3n) is 3.40. The number of hydrogen-bond acceptors (Lipinski definition) is 6. The molecule has 1 aliphatic rings. The number of carbonyl (C=O) groups excluding carboxylic acids is 1. The Bertz CT molecular complexity index is 722. The lowest BCUT2D eigenvalue weighted by molar-refractivity contribution is -0.113. The molecule has 0 atom stereocenters. The molecule has 0 unspecified atom stereocenters. The molecule has 0 saturated heterocycles. The summed E-state index contributed by atoms with van der Waals surface area (Å²) in [5.41, 5.74) is 2.82. The van der Waals surface area contributed by atoms with E-state index < -0.39 is 0 Å². The summed E-state index contributed by atoms with van der Waals surface area (Å²) < 4.78 is 0. The van der Waals surface area contributed by atoms with Crippen molar-refractivity contribution < 1.29 is 4.79 Å². The summed E-state index contributed by atoms with van der Waals surface area (Å²) >= 11 is 2.68. The van der Waals surface area contributed by atoms with Crippen molar-refractivity contribution >= 4 is 34.1 Å². The highest BCUT2D eigenvalue weighted by Crippen LogP contribution is 2.27. The standard InChI is InChI=1S/C15H14N4OS2/c16-8-11-7-10-3-1-2-4-12(10)18-14(11)22-9-13(20)19-15-17-5-6-21-15/h5-7H,1-4,9H2,(H,17,19,20). The average molecular weight is 330 g/mol. The van der Waals surface area contributed by atoms with Gasteiger partial charge in [0.1, 0.15) is 11.1 Å². The normalized spacial score (nSPS) is 13.2. The zero-order chi connectivity index (χ0) is 15.4. The fourth-order valence-electron chi connectivity index (χ4n) is 2.38. The first-order valence-corrected chi connectivity index (χ1v) is 8.88. The van der Waals surface area contributed by atoms with Gasteiger partial charge in [0.2, 0.25) is 5.91 Å². The molecular weight excluding hydrogens is 316 g/mol. The molecule has 1 N–H and O–H groups in total. The lowest BCUT2D eigenvalue weighted by atomic mass is 9.95. The number of thiazole rings is 1. The maximum atomic E-state index is 11.9. The molecule has 0 saturated carbocycles. The Labute approximate surface area is 136 Å². The van der Waals surface area contributed by atoms with Gasteiger partial charge in [-0.15, -0.1) is 11.3 Å². The average Bonchev–Trinajstić information content (AvgIpc) is 3.04. The van der Waals surface area contributed by atoms with Crippen LogP contribution >= 0.6 is 23.1 Å². The number of nitrogens with zero attached hydrogens (tertiary/aromatic N) is 3. The number of rotatable bonds is 4. The van der Waals surface area contributed by atoms with Gasteiger partial charge in [-0.25, -0.2) is 9.97 Å². The van der Waals surface area contributed by atoms with E-state index in [4.69, 9.17) is 0 Å². The van der Waals surface area contributed by atoms with Gasteiger partial charge in [0.05, 0.1) is 11.3 Å². The van der Waals surface area contributed by atoms with Crippen LogP contribution in [0.2, 0.25) is 0 Å². The molecule has 2 heterocycles. The fraction of sp³-hybridized carbons (Fsp3) is 0.333. The van der Waals surface area contributed by atoms with Crippen LogP contribution < -0.4 is 5.32 Å². The minimum Gasteiger partial charge on any atom is -0.301 e. The first-order valence-electron chi connectivity index (χ1n) is 7.01. The second kappa shape index (κ2) is 6.90. The maximum Gasteiger partial charge on any atom is 0.236 e. The van der Waals surface area contributed by atoms with Crippen molar-refractivity contribution in [2.75, 3.05) is 11.1 Å². The van der Waals surface area contributed by atoms with Gasteiger partial charge in [0.25, 0.3) is 0 Å². The summed E-state index contributed by atoms with van der Waals surface area (Å²) in [5, 5.41) is 15.1. The van der Waals surface area contributed by atoms with Crippen LogP contribution in [0, 0.1) is 11.3 Å². The van der Waals surface area contributed by atoms with E-state index in [1.807, 2.05) is 11.4 Å². The van der Waals surface area contributed by atoms with Crippen molar-refractivity contribution in [2.45, 2.75) is 30.7 Å². The van der Waals surface area contributed by atoms with Gasteiger partial charge in [-0.3, -0.25) is 4.79 Å². The zero-order valence-electron chi connectivity index (χ0n) is 11.8. The van der Waals surface area contributed by atoms with Gasteiger partial charge in [-0.2, -0.15) is 5.26 Å². The molecule has 7 heteroatoms. The van der Waals surface area contributed by atoms with E-state index in [0.29, 0.717) is 15.7 Å². The SMILES string of the molecule is N#Cc1cc2c(nc1SCC(=O)Nc1nccs1)CCCC2. The second-order valence-corrected chi connectivity index (χ2v) is 6.80. The lowest BCUT2D eigenvalue weighted by Gasteiger charge is -2.16. The summed E-state index contributed by atoms with van der Waals surface area (Å²) in [6.07, 6.45) is 5.89. The predicted octanol–water partition coefficient (Wildman–Crippen LogP) is 3.02. The van der Waals surface area contributed by atoms with Crippen LogP contribution in [0.5, 0.6) is 0 Å². The minimum absolute atomic E-state index is 0.136. The predicted molar refractivity (Wildman–Crippen MR) is 87.1 cm³/mol. The third kappa shape index (κ3) is 3.46. The number of anilines is 1. The summed E-state index contributed by atoms with van der Waals surface area (Å²) in [6, 6.07) is 4.12. The second-order valence-electron chi connectivity index (χ2n) is 4.94. The van der Waals surface area contributed by atoms with E-state index in [-0.39, 0.29) is 11.7 Å². The maximum absolute atomic E-state index is 11.9. The van der Waals surface area contributed by atoms with Crippen LogP contribution in [-0.2, 0) is 17.6 Å². The molecule has 0 aromatic carbocycles. The van der Waals surface area contributed by atoms with Crippen molar-refractivity contribution in [2.24, 2.45) is 0 Å². The number of amides is 1. The molecule has 3 rings (SSSR count). The quantitative estimate of drug-likeness (QED) is 0.872. The molecule has 0 bridgehead atoms. The highest BCUT2D eigenvalue weighted by atomic mass is 32.2. The Balaban J connectivity index is 1.69. The van der Waals surface area contributed by atoms with E-state index in [0.717, 1.165) is 31.4 Å². The van der Waals surface area contributed by atoms with Crippen LogP contribution in [0.3, 0.4) is 0 Å². The summed E-state index contributed by atoms with van der Waals surface area (Å²) in [4.78, 5) is 20.5. The Morgan fingerprint density at radius 2 is 2.32 bits per heavy atom. The number of aromatic nitrogens is 2.